The van der Waals surface area contributed by atoms with Gasteiger partial charge in [-0.1, -0.05) is 0 Å². The number of aliphatic hydroxyl groups is 1. The van der Waals surface area contributed by atoms with Crippen molar-refractivity contribution in [3.05, 3.63) is 12.2 Å². The molecule has 0 aromatic rings. The fraction of sp³-hybridized carbons (Fsp3) is 0.600. The van der Waals surface area contributed by atoms with E-state index >= 15 is 0 Å². The summed E-state index contributed by atoms with van der Waals surface area (Å²) in [4.78, 5) is 21.2. The molecule has 0 aliphatic heterocycles. The summed E-state index contributed by atoms with van der Waals surface area (Å²) in [6.45, 7) is 4.88. The number of aliphatic hydroxyl groups excluding tert-OH is 1. The summed E-state index contributed by atoms with van der Waals surface area (Å²) in [6.07, 6.45) is 1.25. The van der Waals surface area contributed by atoms with Gasteiger partial charge in [0.2, 0.25) is 0 Å². The van der Waals surface area contributed by atoms with E-state index in [0.717, 1.165) is 6.08 Å². The van der Waals surface area contributed by atoms with E-state index in [9.17, 15) is 9.59 Å². The highest BCUT2D eigenvalue weighted by Crippen LogP contribution is 2.17. The van der Waals surface area contributed by atoms with Crippen molar-refractivity contribution in [2.45, 2.75) is 38.9 Å². The zero-order valence-electron chi connectivity index (χ0n) is 9.06. The molecule has 5 heteroatoms. The lowest BCUT2D eigenvalue weighted by Crippen LogP contribution is -2.31. The van der Waals surface area contributed by atoms with Crippen LogP contribution in [0.1, 0.15) is 27.2 Å². The number of carboxylic acid groups (broad SMARTS) is 1. The molecule has 15 heavy (non-hydrogen) atoms. The summed E-state index contributed by atoms with van der Waals surface area (Å²) in [5.41, 5.74) is -0.811. The number of rotatable bonds is 5. The van der Waals surface area contributed by atoms with Gasteiger partial charge in [-0.25, -0.2) is 9.59 Å². The molecule has 0 aromatic heterocycles. The second-order valence-electron chi connectivity index (χ2n) is 3.91. The van der Waals surface area contributed by atoms with Crippen molar-refractivity contribution >= 4 is 11.9 Å². The number of carboxylic acids is 1. The molecule has 0 amide bonds. The molecule has 1 unspecified atom stereocenters. The molecule has 5 nitrogen and oxygen atoms in total. The highest BCUT2D eigenvalue weighted by molar-refractivity contribution is 5.90. The normalized spacial score (nSPS) is 13.9. The summed E-state index contributed by atoms with van der Waals surface area (Å²) in [5, 5.41) is 17.4. The first-order valence-corrected chi connectivity index (χ1v) is 4.55. The number of esters is 1. The number of carbonyl (C=O) groups is 2. The van der Waals surface area contributed by atoms with Crippen LogP contribution in [0.25, 0.3) is 0 Å². The molecule has 1 atom stereocenters. The van der Waals surface area contributed by atoms with E-state index in [2.05, 4.69) is 0 Å². The second-order valence-corrected chi connectivity index (χ2v) is 3.91. The predicted octanol–water partition coefficient (Wildman–Crippen LogP) is 0.720. The molecular formula is C10H16O5. The largest absolute Gasteiger partial charge is 0.478 e. The van der Waals surface area contributed by atoms with Gasteiger partial charge in [0.15, 0.2) is 0 Å². The Bertz CT molecular complexity index is 265. The van der Waals surface area contributed by atoms with E-state index in [1.54, 1.807) is 20.8 Å². The molecule has 0 fully saturated rings. The maximum atomic E-state index is 11.1. The molecule has 0 bridgehead atoms. The van der Waals surface area contributed by atoms with E-state index in [1.165, 1.54) is 0 Å². The number of ether oxygens (including phenoxy) is 1. The highest BCUT2D eigenvalue weighted by Gasteiger charge is 2.23. The summed E-state index contributed by atoms with van der Waals surface area (Å²) in [6, 6.07) is 0. The van der Waals surface area contributed by atoms with Crippen LogP contribution in [0.15, 0.2) is 12.2 Å². The third kappa shape index (κ3) is 7.69. The average molecular weight is 216 g/mol. The summed E-state index contributed by atoms with van der Waals surface area (Å²) in [7, 11) is 0. The first-order valence-electron chi connectivity index (χ1n) is 4.55. The molecule has 0 heterocycles. The van der Waals surface area contributed by atoms with Gasteiger partial charge in [0, 0.05) is 18.6 Å². The second kappa shape index (κ2) is 5.50. The van der Waals surface area contributed by atoms with E-state index in [0.29, 0.717) is 12.5 Å². The Labute approximate surface area is 88.4 Å². The van der Waals surface area contributed by atoms with Gasteiger partial charge < -0.3 is 14.9 Å². The minimum Gasteiger partial charge on any atom is -0.478 e. The van der Waals surface area contributed by atoms with Crippen LogP contribution in [0, 0.1) is 0 Å². The van der Waals surface area contributed by atoms with Crippen molar-refractivity contribution in [2.75, 3.05) is 0 Å². The van der Waals surface area contributed by atoms with Crippen molar-refractivity contribution in [3.8, 4) is 0 Å². The van der Waals surface area contributed by atoms with Crippen molar-refractivity contribution in [3.63, 3.8) is 0 Å². The zero-order chi connectivity index (χ0) is 12.1. The Hall–Kier alpha value is -1.36. The van der Waals surface area contributed by atoms with Gasteiger partial charge in [-0.3, -0.25) is 0 Å². The highest BCUT2D eigenvalue weighted by atomic mass is 16.6. The Morgan fingerprint density at radius 3 is 2.33 bits per heavy atom. The quantitative estimate of drug-likeness (QED) is 0.522. The van der Waals surface area contributed by atoms with Gasteiger partial charge in [-0.2, -0.15) is 0 Å². The molecule has 86 valence electrons. The molecular weight excluding hydrogens is 200 g/mol. The lowest BCUT2D eigenvalue weighted by Gasteiger charge is -2.25. The lowest BCUT2D eigenvalue weighted by atomic mass is 10.0. The average Bonchev–Trinajstić information content (AvgIpc) is 1.96. The van der Waals surface area contributed by atoms with Crippen LogP contribution >= 0.6 is 0 Å². The number of hydrogen-bond donors (Lipinski definition) is 2. The predicted molar refractivity (Wildman–Crippen MR) is 53.2 cm³/mol. The van der Waals surface area contributed by atoms with Crippen LogP contribution in [0.3, 0.4) is 0 Å². The Kier molecular flexibility index (Phi) is 5.00. The van der Waals surface area contributed by atoms with E-state index in [4.69, 9.17) is 14.9 Å². The first kappa shape index (κ1) is 13.6. The standard InChI is InChI=1S/C10H16O5/c1-7(11)6-10(2,3)15-9(14)5-4-8(12)13/h4-5,7,11H,6H2,1-3H3,(H,12,13)/b5-4-. The van der Waals surface area contributed by atoms with Crippen LogP contribution in [-0.2, 0) is 14.3 Å². The van der Waals surface area contributed by atoms with Crippen LogP contribution in [0.5, 0.6) is 0 Å². The third-order valence-electron chi connectivity index (χ3n) is 1.53. The first-order chi connectivity index (χ1) is 6.73. The minimum absolute atomic E-state index is 0.291. The molecule has 2 N–H and O–H groups in total. The molecule has 0 aliphatic rings. The van der Waals surface area contributed by atoms with Crippen molar-refractivity contribution < 1.29 is 24.5 Å². The third-order valence-corrected chi connectivity index (χ3v) is 1.53. The van der Waals surface area contributed by atoms with E-state index in [1.807, 2.05) is 0 Å². The van der Waals surface area contributed by atoms with E-state index < -0.39 is 23.6 Å². The van der Waals surface area contributed by atoms with Crippen LogP contribution < -0.4 is 0 Å². The topological polar surface area (TPSA) is 83.8 Å². The molecule has 0 spiro atoms. The lowest BCUT2D eigenvalue weighted by molar-refractivity contribution is -0.152. The molecule has 0 aromatic carbocycles. The summed E-state index contributed by atoms with van der Waals surface area (Å²) >= 11 is 0. The van der Waals surface area contributed by atoms with Gasteiger partial charge in [0.05, 0.1) is 6.10 Å². The van der Waals surface area contributed by atoms with Crippen molar-refractivity contribution in [1.29, 1.82) is 0 Å². The van der Waals surface area contributed by atoms with Crippen LogP contribution in [0.4, 0.5) is 0 Å². The van der Waals surface area contributed by atoms with Crippen LogP contribution in [0.2, 0.25) is 0 Å². The molecule has 0 aliphatic carbocycles. The summed E-state index contributed by atoms with van der Waals surface area (Å²) in [5.74, 6) is -1.94. The van der Waals surface area contributed by atoms with Crippen molar-refractivity contribution in [2.24, 2.45) is 0 Å². The Balaban J connectivity index is 4.21. The Morgan fingerprint density at radius 2 is 1.93 bits per heavy atom. The van der Waals surface area contributed by atoms with Gasteiger partial charge in [-0.15, -0.1) is 0 Å². The maximum absolute atomic E-state index is 11.1. The molecule has 0 radical (unpaired) electrons. The smallest absolute Gasteiger partial charge is 0.331 e. The van der Waals surface area contributed by atoms with Gasteiger partial charge in [-0.05, 0) is 20.8 Å². The Morgan fingerprint density at radius 1 is 1.40 bits per heavy atom. The van der Waals surface area contributed by atoms with Crippen molar-refractivity contribution in [1.82, 2.24) is 0 Å². The number of carbonyl (C=O) groups excluding carboxylic acids is 1. The number of aliphatic carboxylic acids is 1. The zero-order valence-corrected chi connectivity index (χ0v) is 9.06. The SMILES string of the molecule is CC(O)CC(C)(C)OC(=O)/C=C\C(=O)O. The fourth-order valence-corrected chi connectivity index (χ4v) is 1.20. The molecule has 0 saturated carbocycles. The maximum Gasteiger partial charge on any atom is 0.331 e. The monoisotopic (exact) mass is 216 g/mol. The molecule has 0 rings (SSSR count). The fourth-order valence-electron chi connectivity index (χ4n) is 1.20. The summed E-state index contributed by atoms with van der Waals surface area (Å²) < 4.78 is 4.95. The molecule has 0 saturated heterocycles. The minimum atomic E-state index is -1.21. The van der Waals surface area contributed by atoms with Gasteiger partial charge in [0.1, 0.15) is 5.60 Å². The number of hydrogen-bond acceptors (Lipinski definition) is 4. The van der Waals surface area contributed by atoms with Gasteiger partial charge in [0.25, 0.3) is 0 Å². The van der Waals surface area contributed by atoms with Gasteiger partial charge >= 0.3 is 11.9 Å². The van der Waals surface area contributed by atoms with E-state index in [-0.39, 0.29) is 0 Å². The van der Waals surface area contributed by atoms with Crippen LogP contribution in [-0.4, -0.2) is 33.9 Å².